The summed E-state index contributed by atoms with van der Waals surface area (Å²) in [5, 5.41) is 3.16. The molecule has 0 saturated carbocycles. The van der Waals surface area contributed by atoms with E-state index >= 15 is 0 Å². The fourth-order valence-electron chi connectivity index (χ4n) is 1.62. The monoisotopic (exact) mass is 307 g/mol. The molecule has 0 aliphatic carbocycles. The Morgan fingerprint density at radius 1 is 1.43 bits per heavy atom. The SMILES string of the molecule is C#CC(=O)[C@H](Cc1cccc(Cl)c1)OC(=O)NC(C)(C)C. The number of halogens is 1. The van der Waals surface area contributed by atoms with Gasteiger partial charge in [0.1, 0.15) is 0 Å². The summed E-state index contributed by atoms with van der Waals surface area (Å²) in [4.78, 5) is 23.5. The summed E-state index contributed by atoms with van der Waals surface area (Å²) < 4.78 is 5.14. The number of ketones is 1. The van der Waals surface area contributed by atoms with Crippen LogP contribution in [-0.2, 0) is 16.0 Å². The van der Waals surface area contributed by atoms with Gasteiger partial charge in [0.05, 0.1) is 0 Å². The lowest BCUT2D eigenvalue weighted by Crippen LogP contribution is -2.43. The molecule has 112 valence electrons. The predicted molar refractivity (Wildman–Crippen MR) is 82.2 cm³/mol. The number of Topliss-reactive ketones (excluding diaryl/α,β-unsaturated/α-hetero) is 1. The van der Waals surface area contributed by atoms with E-state index in [2.05, 4.69) is 5.32 Å². The third-order valence-electron chi connectivity index (χ3n) is 2.47. The highest BCUT2D eigenvalue weighted by Gasteiger charge is 2.24. The van der Waals surface area contributed by atoms with Gasteiger partial charge in [0.25, 0.3) is 0 Å². The van der Waals surface area contributed by atoms with Crippen LogP contribution in [0.1, 0.15) is 26.3 Å². The van der Waals surface area contributed by atoms with E-state index in [9.17, 15) is 9.59 Å². The summed E-state index contributed by atoms with van der Waals surface area (Å²) in [6, 6.07) is 6.96. The Bertz CT molecular complexity index is 570. The molecule has 1 aromatic carbocycles. The van der Waals surface area contributed by atoms with E-state index in [-0.39, 0.29) is 6.42 Å². The molecule has 0 aliphatic heterocycles. The smallest absolute Gasteiger partial charge is 0.408 e. The maximum Gasteiger partial charge on any atom is 0.408 e. The van der Waals surface area contributed by atoms with Gasteiger partial charge in [-0.05, 0) is 44.4 Å². The zero-order valence-electron chi connectivity index (χ0n) is 12.3. The maximum atomic E-state index is 11.8. The summed E-state index contributed by atoms with van der Waals surface area (Å²) in [6.45, 7) is 5.43. The van der Waals surface area contributed by atoms with Crippen LogP contribution in [-0.4, -0.2) is 23.5 Å². The Morgan fingerprint density at radius 2 is 2.10 bits per heavy atom. The van der Waals surface area contributed by atoms with E-state index in [1.54, 1.807) is 24.3 Å². The molecule has 1 N–H and O–H groups in total. The van der Waals surface area contributed by atoms with Crippen molar-refractivity contribution in [1.82, 2.24) is 5.32 Å². The molecular weight excluding hydrogens is 290 g/mol. The number of terminal acetylenes is 1. The summed E-state index contributed by atoms with van der Waals surface area (Å²) in [5.41, 5.74) is 0.302. The second-order valence-electron chi connectivity index (χ2n) is 5.61. The van der Waals surface area contributed by atoms with Gasteiger partial charge in [-0.1, -0.05) is 23.7 Å². The third kappa shape index (κ3) is 6.33. The van der Waals surface area contributed by atoms with Gasteiger partial charge >= 0.3 is 6.09 Å². The van der Waals surface area contributed by atoms with Crippen LogP contribution in [0.4, 0.5) is 4.79 Å². The van der Waals surface area contributed by atoms with E-state index in [1.807, 2.05) is 26.7 Å². The largest absolute Gasteiger partial charge is 0.437 e. The third-order valence-corrected chi connectivity index (χ3v) is 2.71. The number of hydrogen-bond acceptors (Lipinski definition) is 3. The highest BCUT2D eigenvalue weighted by Crippen LogP contribution is 2.14. The van der Waals surface area contributed by atoms with Crippen molar-refractivity contribution in [2.45, 2.75) is 38.8 Å². The summed E-state index contributed by atoms with van der Waals surface area (Å²) in [7, 11) is 0. The lowest BCUT2D eigenvalue weighted by molar-refractivity contribution is -0.121. The van der Waals surface area contributed by atoms with Crippen LogP contribution in [0.15, 0.2) is 24.3 Å². The van der Waals surface area contributed by atoms with Crippen LogP contribution < -0.4 is 5.32 Å². The highest BCUT2D eigenvalue weighted by molar-refractivity contribution is 6.30. The summed E-state index contributed by atoms with van der Waals surface area (Å²) in [5.74, 6) is 1.41. The molecule has 0 bridgehead atoms. The minimum atomic E-state index is -1.03. The van der Waals surface area contributed by atoms with Crippen LogP contribution in [0, 0.1) is 12.3 Å². The predicted octanol–water partition coefficient (Wildman–Crippen LogP) is 2.98. The van der Waals surface area contributed by atoms with E-state index in [1.165, 1.54) is 0 Å². The molecule has 4 nitrogen and oxygen atoms in total. The van der Waals surface area contributed by atoms with Crippen LogP contribution in [0.5, 0.6) is 0 Å². The molecule has 5 heteroatoms. The van der Waals surface area contributed by atoms with Crippen molar-refractivity contribution < 1.29 is 14.3 Å². The van der Waals surface area contributed by atoms with Gasteiger partial charge in [-0.3, -0.25) is 4.79 Å². The van der Waals surface area contributed by atoms with E-state index in [0.717, 1.165) is 5.56 Å². The molecule has 1 aromatic rings. The Labute approximate surface area is 129 Å². The second-order valence-corrected chi connectivity index (χ2v) is 6.05. The number of amides is 1. The molecule has 0 unspecified atom stereocenters. The number of rotatable bonds is 4. The van der Waals surface area contributed by atoms with E-state index in [4.69, 9.17) is 22.8 Å². The van der Waals surface area contributed by atoms with E-state index < -0.39 is 23.5 Å². The van der Waals surface area contributed by atoms with Gasteiger partial charge < -0.3 is 10.1 Å². The number of alkyl carbamates (subject to hydrolysis) is 1. The lowest BCUT2D eigenvalue weighted by Gasteiger charge is -2.22. The molecule has 0 fully saturated rings. The highest BCUT2D eigenvalue weighted by atomic mass is 35.5. The number of hydrogen-bond donors (Lipinski definition) is 1. The number of ether oxygens (including phenoxy) is 1. The molecule has 0 heterocycles. The van der Waals surface area contributed by atoms with Gasteiger partial charge in [0, 0.05) is 17.0 Å². The molecular formula is C16H18ClNO3. The minimum absolute atomic E-state index is 0.182. The average molecular weight is 308 g/mol. The molecule has 0 saturated heterocycles. The lowest BCUT2D eigenvalue weighted by atomic mass is 10.1. The average Bonchev–Trinajstić information content (AvgIpc) is 2.34. The zero-order valence-corrected chi connectivity index (χ0v) is 13.0. The van der Waals surface area contributed by atoms with Crippen molar-refractivity contribution in [3.63, 3.8) is 0 Å². The number of carbonyl (C=O) groups is 2. The van der Waals surface area contributed by atoms with Gasteiger partial charge in [-0.15, -0.1) is 6.42 Å². The molecule has 0 aliphatic rings. The zero-order chi connectivity index (χ0) is 16.0. The van der Waals surface area contributed by atoms with Crippen molar-refractivity contribution in [3.8, 4) is 12.3 Å². The maximum absolute atomic E-state index is 11.8. The fraction of sp³-hybridized carbons (Fsp3) is 0.375. The summed E-state index contributed by atoms with van der Waals surface area (Å²) >= 11 is 5.89. The molecule has 0 radical (unpaired) electrons. The number of nitrogens with one attached hydrogen (secondary N) is 1. The summed E-state index contributed by atoms with van der Waals surface area (Å²) in [6.07, 6.45) is 3.59. The molecule has 0 aromatic heterocycles. The first-order valence-electron chi connectivity index (χ1n) is 6.45. The van der Waals surface area contributed by atoms with Crippen LogP contribution in [0.3, 0.4) is 0 Å². The van der Waals surface area contributed by atoms with Crippen molar-refractivity contribution in [2.24, 2.45) is 0 Å². The minimum Gasteiger partial charge on any atom is -0.437 e. The Hall–Kier alpha value is -1.99. The quantitative estimate of drug-likeness (QED) is 0.687. The number of carbonyl (C=O) groups excluding carboxylic acids is 2. The molecule has 0 spiro atoms. The van der Waals surface area contributed by atoms with Crippen LogP contribution >= 0.6 is 11.6 Å². The standard InChI is InChI=1S/C16H18ClNO3/c1-5-13(19)14(21-15(20)18-16(2,3)4)10-11-7-6-8-12(17)9-11/h1,6-9,14H,10H2,2-4H3,(H,18,20)/t14-/m0/s1. The van der Waals surface area contributed by atoms with E-state index in [0.29, 0.717) is 5.02 Å². The second kappa shape index (κ2) is 7.14. The Morgan fingerprint density at radius 3 is 2.62 bits per heavy atom. The number of benzene rings is 1. The molecule has 21 heavy (non-hydrogen) atoms. The van der Waals surface area contributed by atoms with Crippen LogP contribution in [0.25, 0.3) is 0 Å². The van der Waals surface area contributed by atoms with Gasteiger partial charge in [-0.2, -0.15) is 0 Å². The molecule has 1 atom stereocenters. The van der Waals surface area contributed by atoms with Gasteiger partial charge in [0.15, 0.2) is 6.10 Å². The normalized spacial score (nSPS) is 12.1. The molecule has 1 amide bonds. The van der Waals surface area contributed by atoms with Crippen molar-refractivity contribution in [2.75, 3.05) is 0 Å². The first-order chi connectivity index (χ1) is 9.71. The first kappa shape index (κ1) is 17.1. The van der Waals surface area contributed by atoms with Gasteiger partial charge in [0.2, 0.25) is 5.78 Å². The fourth-order valence-corrected chi connectivity index (χ4v) is 1.84. The van der Waals surface area contributed by atoms with Crippen LogP contribution in [0.2, 0.25) is 5.02 Å². The van der Waals surface area contributed by atoms with Crippen molar-refractivity contribution in [1.29, 1.82) is 0 Å². The topological polar surface area (TPSA) is 55.4 Å². The Balaban J connectivity index is 2.80. The Kier molecular flexibility index (Phi) is 5.80. The first-order valence-corrected chi connectivity index (χ1v) is 6.83. The molecule has 1 rings (SSSR count). The van der Waals surface area contributed by atoms with Gasteiger partial charge in [-0.25, -0.2) is 4.79 Å². The van der Waals surface area contributed by atoms with Crippen molar-refractivity contribution in [3.05, 3.63) is 34.9 Å². The van der Waals surface area contributed by atoms with Crippen molar-refractivity contribution >= 4 is 23.5 Å².